The highest BCUT2D eigenvalue weighted by Crippen LogP contribution is 2.23. The molecule has 0 atom stereocenters. The van der Waals surface area contributed by atoms with Gasteiger partial charge in [0.05, 0.1) is 5.69 Å². The minimum absolute atomic E-state index is 0.212. The lowest BCUT2D eigenvalue weighted by Gasteiger charge is -2.04. The Morgan fingerprint density at radius 1 is 1.00 bits per heavy atom. The molecule has 0 spiro atoms. The number of anilines is 2. The van der Waals surface area contributed by atoms with Crippen molar-refractivity contribution in [3.8, 4) is 11.3 Å². The molecule has 0 aliphatic rings. The van der Waals surface area contributed by atoms with Gasteiger partial charge in [-0.15, -0.1) is 0 Å². The summed E-state index contributed by atoms with van der Waals surface area (Å²) in [5.74, 6) is 0.354. The average Bonchev–Trinajstić information content (AvgIpc) is 2.96. The molecule has 126 valence electrons. The van der Waals surface area contributed by atoms with Gasteiger partial charge < -0.3 is 10.4 Å². The fraction of sp³-hybridized carbons (Fsp3) is 0.0556. The predicted octanol–water partition coefficient (Wildman–Crippen LogP) is 3.43. The number of carbonyl (C=O) groups excluding carboxylic acids is 1. The minimum atomic E-state index is -1.11. The Balaban J connectivity index is 1.78. The molecule has 3 rings (SSSR count). The first-order valence-electron chi connectivity index (χ1n) is 7.54. The van der Waals surface area contributed by atoms with Gasteiger partial charge in [-0.05, 0) is 24.3 Å². The van der Waals surface area contributed by atoms with Crippen molar-refractivity contribution in [2.75, 3.05) is 10.6 Å². The number of carbonyl (C=O) groups is 2. The van der Waals surface area contributed by atoms with Crippen LogP contribution in [-0.2, 0) is 7.05 Å². The second-order valence-corrected chi connectivity index (χ2v) is 5.37. The third kappa shape index (κ3) is 3.84. The predicted molar refractivity (Wildman–Crippen MR) is 94.7 cm³/mol. The molecule has 0 saturated heterocycles. The maximum Gasteiger partial charge on any atom is 0.409 e. The van der Waals surface area contributed by atoms with E-state index in [0.717, 1.165) is 5.56 Å². The maximum absolute atomic E-state index is 12.2. The molecule has 0 saturated carbocycles. The van der Waals surface area contributed by atoms with Gasteiger partial charge in [-0.3, -0.25) is 14.8 Å². The Morgan fingerprint density at radius 2 is 1.68 bits per heavy atom. The van der Waals surface area contributed by atoms with Crippen LogP contribution in [0.2, 0.25) is 0 Å². The molecule has 0 unspecified atom stereocenters. The first-order chi connectivity index (χ1) is 12.0. The lowest BCUT2D eigenvalue weighted by Crippen LogP contribution is -2.14. The van der Waals surface area contributed by atoms with Gasteiger partial charge in [-0.2, -0.15) is 5.10 Å². The zero-order valence-electron chi connectivity index (χ0n) is 13.4. The van der Waals surface area contributed by atoms with Crippen LogP contribution >= 0.6 is 0 Å². The first-order valence-corrected chi connectivity index (χ1v) is 7.54. The Morgan fingerprint density at radius 3 is 2.32 bits per heavy atom. The lowest BCUT2D eigenvalue weighted by molar-refractivity contribution is 0.102. The fourth-order valence-electron chi connectivity index (χ4n) is 2.35. The molecule has 2 amide bonds. The number of hydrogen-bond acceptors (Lipinski definition) is 3. The molecule has 1 heterocycles. The molecule has 0 aliphatic carbocycles. The van der Waals surface area contributed by atoms with Crippen molar-refractivity contribution in [3.05, 3.63) is 66.2 Å². The lowest BCUT2D eigenvalue weighted by atomic mass is 10.1. The van der Waals surface area contributed by atoms with E-state index in [9.17, 15) is 9.59 Å². The van der Waals surface area contributed by atoms with Crippen LogP contribution in [-0.4, -0.2) is 26.9 Å². The number of rotatable bonds is 4. The number of benzene rings is 2. The molecule has 7 heteroatoms. The first kappa shape index (κ1) is 16.3. The van der Waals surface area contributed by atoms with Gasteiger partial charge in [0.1, 0.15) is 5.82 Å². The van der Waals surface area contributed by atoms with Crippen molar-refractivity contribution in [2.45, 2.75) is 0 Å². The maximum atomic E-state index is 12.2. The molecular weight excluding hydrogens is 320 g/mol. The van der Waals surface area contributed by atoms with Crippen LogP contribution in [0, 0.1) is 0 Å². The van der Waals surface area contributed by atoms with Crippen molar-refractivity contribution < 1.29 is 14.7 Å². The molecule has 2 aromatic carbocycles. The Labute approximate surface area is 143 Å². The van der Waals surface area contributed by atoms with E-state index in [2.05, 4.69) is 15.7 Å². The summed E-state index contributed by atoms with van der Waals surface area (Å²) < 4.78 is 1.58. The summed E-state index contributed by atoms with van der Waals surface area (Å²) in [5.41, 5.74) is 2.53. The minimum Gasteiger partial charge on any atom is -0.465 e. The second kappa shape index (κ2) is 6.88. The van der Waals surface area contributed by atoms with Gasteiger partial charge >= 0.3 is 6.09 Å². The number of nitrogens with zero attached hydrogens (tertiary/aromatic N) is 2. The van der Waals surface area contributed by atoms with Crippen molar-refractivity contribution in [1.82, 2.24) is 9.78 Å². The zero-order valence-corrected chi connectivity index (χ0v) is 13.4. The van der Waals surface area contributed by atoms with Gasteiger partial charge in [0, 0.05) is 29.9 Å². The van der Waals surface area contributed by atoms with E-state index in [1.54, 1.807) is 66.3 Å². The monoisotopic (exact) mass is 336 g/mol. The molecule has 3 N–H and O–H groups in total. The SMILES string of the molecule is Cn1nc(-c2ccc(NC(=O)O)cc2)cc1NC(=O)c1ccccc1. The smallest absolute Gasteiger partial charge is 0.409 e. The molecule has 25 heavy (non-hydrogen) atoms. The van der Waals surface area contributed by atoms with E-state index in [4.69, 9.17) is 5.11 Å². The van der Waals surface area contributed by atoms with Gasteiger partial charge in [-0.25, -0.2) is 4.79 Å². The topological polar surface area (TPSA) is 96.2 Å². The summed E-state index contributed by atoms with van der Waals surface area (Å²) >= 11 is 0. The Hall–Kier alpha value is -3.61. The average molecular weight is 336 g/mol. The summed E-state index contributed by atoms with van der Waals surface area (Å²) in [5, 5.41) is 18.2. The molecule has 7 nitrogen and oxygen atoms in total. The fourth-order valence-corrected chi connectivity index (χ4v) is 2.35. The number of aryl methyl sites for hydroxylation is 1. The van der Waals surface area contributed by atoms with Gasteiger partial charge in [0.2, 0.25) is 0 Å². The zero-order chi connectivity index (χ0) is 17.8. The van der Waals surface area contributed by atoms with Crippen LogP contribution in [0.5, 0.6) is 0 Å². The van der Waals surface area contributed by atoms with Crippen molar-refractivity contribution >= 4 is 23.5 Å². The molecule has 0 aliphatic heterocycles. The van der Waals surface area contributed by atoms with Crippen LogP contribution in [0.3, 0.4) is 0 Å². The van der Waals surface area contributed by atoms with E-state index in [1.807, 2.05) is 6.07 Å². The third-order valence-electron chi connectivity index (χ3n) is 3.59. The van der Waals surface area contributed by atoms with Crippen molar-refractivity contribution in [2.24, 2.45) is 7.05 Å². The van der Waals surface area contributed by atoms with Gasteiger partial charge in [0.15, 0.2) is 0 Å². The molecule has 0 fully saturated rings. The van der Waals surface area contributed by atoms with Crippen molar-refractivity contribution in [1.29, 1.82) is 0 Å². The third-order valence-corrected chi connectivity index (χ3v) is 3.59. The van der Waals surface area contributed by atoms with E-state index < -0.39 is 6.09 Å². The van der Waals surface area contributed by atoms with Gasteiger partial charge in [-0.1, -0.05) is 30.3 Å². The highest BCUT2D eigenvalue weighted by Gasteiger charge is 2.11. The van der Waals surface area contributed by atoms with Crippen LogP contribution in [0.15, 0.2) is 60.7 Å². The van der Waals surface area contributed by atoms with Crippen LogP contribution in [0.4, 0.5) is 16.3 Å². The largest absolute Gasteiger partial charge is 0.465 e. The number of nitrogens with one attached hydrogen (secondary N) is 2. The second-order valence-electron chi connectivity index (χ2n) is 5.37. The van der Waals surface area contributed by atoms with Crippen LogP contribution < -0.4 is 10.6 Å². The molecule has 0 bridgehead atoms. The standard InChI is InChI=1S/C18H16N4O3/c1-22-16(20-17(23)13-5-3-2-4-6-13)11-15(21-22)12-7-9-14(10-8-12)19-18(24)25/h2-11,19H,1H3,(H,20,23)(H,24,25). The van der Waals surface area contributed by atoms with E-state index in [1.165, 1.54) is 0 Å². The molecule has 1 aromatic heterocycles. The summed E-state index contributed by atoms with van der Waals surface area (Å²) in [6, 6.07) is 17.5. The van der Waals surface area contributed by atoms with Gasteiger partial charge in [0.25, 0.3) is 5.91 Å². The normalized spacial score (nSPS) is 10.3. The quantitative estimate of drug-likeness (QED) is 0.680. The number of aromatic nitrogens is 2. The summed E-state index contributed by atoms with van der Waals surface area (Å²) in [6.45, 7) is 0. The van der Waals surface area contributed by atoms with E-state index >= 15 is 0 Å². The molecule has 3 aromatic rings. The van der Waals surface area contributed by atoms with Crippen LogP contribution in [0.1, 0.15) is 10.4 Å². The Kier molecular flexibility index (Phi) is 4.47. The van der Waals surface area contributed by atoms with E-state index in [-0.39, 0.29) is 5.91 Å². The number of hydrogen-bond donors (Lipinski definition) is 3. The Bertz CT molecular complexity index is 902. The van der Waals surface area contributed by atoms with E-state index in [0.29, 0.717) is 22.8 Å². The molecular formula is C18H16N4O3. The summed E-state index contributed by atoms with van der Waals surface area (Å²) in [7, 11) is 1.74. The van der Waals surface area contributed by atoms with Crippen LogP contribution in [0.25, 0.3) is 11.3 Å². The number of amides is 2. The highest BCUT2D eigenvalue weighted by atomic mass is 16.4. The van der Waals surface area contributed by atoms with Crippen molar-refractivity contribution in [3.63, 3.8) is 0 Å². The summed E-state index contributed by atoms with van der Waals surface area (Å²) in [6.07, 6.45) is -1.11. The molecule has 0 radical (unpaired) electrons. The summed E-state index contributed by atoms with van der Waals surface area (Å²) in [4.78, 5) is 22.9. The number of carboxylic acid groups (broad SMARTS) is 1. The highest BCUT2D eigenvalue weighted by molar-refractivity contribution is 6.04.